The number of nitrogens with one attached hydrogen (secondary N) is 1. The van der Waals surface area contributed by atoms with Crippen molar-refractivity contribution in [2.45, 2.75) is 51.5 Å². The third-order valence-electron chi connectivity index (χ3n) is 6.16. The summed E-state index contributed by atoms with van der Waals surface area (Å²) in [5.41, 5.74) is 3.76. The molecule has 154 valence electrons. The van der Waals surface area contributed by atoms with Crippen LogP contribution in [-0.4, -0.2) is 44.6 Å². The minimum absolute atomic E-state index is 0.177. The van der Waals surface area contributed by atoms with Crippen LogP contribution in [0.2, 0.25) is 0 Å². The number of carbonyl (C=O) groups is 2. The molecule has 0 saturated heterocycles. The second-order valence-corrected chi connectivity index (χ2v) is 8.14. The minimum Gasteiger partial charge on any atom is -0.350 e. The number of hydrogen-bond donors (Lipinski definition) is 1. The number of aromatic nitrogens is 3. The molecule has 2 aromatic rings. The second-order valence-electron chi connectivity index (χ2n) is 8.14. The van der Waals surface area contributed by atoms with Gasteiger partial charge in [-0.1, -0.05) is 18.9 Å². The fourth-order valence-electron chi connectivity index (χ4n) is 4.56. The standard InChI is InChI=1S/C22H29N5O2/c1-26-20-10-13-27(21(28)14-16-6-2-3-7-16)15-17(20)18(25-26)9-12-24-22(29)19-8-4-5-11-23-19/h4-5,8,11,16H,2-3,6-7,9-10,12-15H2,1H3,(H,24,29). The lowest BCUT2D eigenvalue weighted by molar-refractivity contribution is -0.133. The van der Waals surface area contributed by atoms with Gasteiger partial charge in [0.1, 0.15) is 5.69 Å². The highest BCUT2D eigenvalue weighted by Crippen LogP contribution is 2.29. The Morgan fingerprint density at radius 2 is 2.07 bits per heavy atom. The van der Waals surface area contributed by atoms with Gasteiger partial charge in [0, 0.05) is 63.4 Å². The molecule has 1 aliphatic carbocycles. The van der Waals surface area contributed by atoms with Gasteiger partial charge in [0.25, 0.3) is 5.91 Å². The number of amides is 2. The quantitative estimate of drug-likeness (QED) is 0.814. The molecule has 3 heterocycles. The minimum atomic E-state index is -0.177. The first-order chi connectivity index (χ1) is 14.1. The zero-order chi connectivity index (χ0) is 20.2. The molecule has 0 bridgehead atoms. The molecule has 4 rings (SSSR count). The van der Waals surface area contributed by atoms with Crippen molar-refractivity contribution >= 4 is 11.8 Å². The number of nitrogens with zero attached hydrogens (tertiary/aromatic N) is 4. The first-order valence-electron chi connectivity index (χ1n) is 10.6. The maximum Gasteiger partial charge on any atom is 0.269 e. The van der Waals surface area contributed by atoms with Gasteiger partial charge >= 0.3 is 0 Å². The highest BCUT2D eigenvalue weighted by Gasteiger charge is 2.28. The highest BCUT2D eigenvalue weighted by atomic mass is 16.2. The van der Waals surface area contributed by atoms with Crippen molar-refractivity contribution in [1.29, 1.82) is 0 Å². The van der Waals surface area contributed by atoms with Crippen molar-refractivity contribution < 1.29 is 9.59 Å². The van der Waals surface area contributed by atoms with Gasteiger partial charge in [-0.15, -0.1) is 0 Å². The van der Waals surface area contributed by atoms with Crippen molar-refractivity contribution in [2.24, 2.45) is 13.0 Å². The Hall–Kier alpha value is -2.70. The van der Waals surface area contributed by atoms with Gasteiger partial charge in [-0.2, -0.15) is 5.10 Å². The van der Waals surface area contributed by atoms with Crippen LogP contribution in [0.1, 0.15) is 59.5 Å². The maximum atomic E-state index is 12.8. The summed E-state index contributed by atoms with van der Waals surface area (Å²) >= 11 is 0. The second kappa shape index (κ2) is 8.76. The molecule has 2 aliphatic rings. The summed E-state index contributed by atoms with van der Waals surface area (Å²) in [5.74, 6) is 0.670. The summed E-state index contributed by atoms with van der Waals surface area (Å²) in [5, 5.41) is 7.59. The van der Waals surface area contributed by atoms with Crippen LogP contribution in [0.5, 0.6) is 0 Å². The van der Waals surface area contributed by atoms with E-state index in [0.717, 1.165) is 24.2 Å². The van der Waals surface area contributed by atoms with Crippen molar-refractivity contribution in [3.05, 3.63) is 47.0 Å². The fraction of sp³-hybridized carbons (Fsp3) is 0.545. The van der Waals surface area contributed by atoms with Crippen LogP contribution in [-0.2, 0) is 31.2 Å². The Kier molecular flexibility index (Phi) is 5.92. The predicted octanol–water partition coefficient (Wildman–Crippen LogP) is 2.25. The van der Waals surface area contributed by atoms with E-state index < -0.39 is 0 Å². The Bertz CT molecular complexity index is 871. The first-order valence-corrected chi connectivity index (χ1v) is 10.6. The van der Waals surface area contributed by atoms with Crippen LogP contribution < -0.4 is 5.32 Å². The van der Waals surface area contributed by atoms with Crippen molar-refractivity contribution in [2.75, 3.05) is 13.1 Å². The number of pyridine rings is 1. The summed E-state index contributed by atoms with van der Waals surface area (Å²) < 4.78 is 1.93. The molecule has 29 heavy (non-hydrogen) atoms. The normalized spacial score (nSPS) is 16.7. The van der Waals surface area contributed by atoms with E-state index >= 15 is 0 Å². The average molecular weight is 396 g/mol. The maximum absolute atomic E-state index is 12.8. The number of aryl methyl sites for hydroxylation is 1. The van der Waals surface area contributed by atoms with Gasteiger partial charge in [-0.3, -0.25) is 19.3 Å². The highest BCUT2D eigenvalue weighted by molar-refractivity contribution is 5.92. The van der Waals surface area contributed by atoms with E-state index in [-0.39, 0.29) is 11.8 Å². The Balaban J connectivity index is 1.36. The molecule has 0 aromatic carbocycles. The van der Waals surface area contributed by atoms with Gasteiger partial charge < -0.3 is 10.2 Å². The Morgan fingerprint density at radius 1 is 1.24 bits per heavy atom. The molecule has 0 radical (unpaired) electrons. The molecular weight excluding hydrogens is 366 g/mol. The van der Waals surface area contributed by atoms with E-state index in [0.29, 0.717) is 37.5 Å². The molecule has 2 amide bonds. The largest absolute Gasteiger partial charge is 0.350 e. The van der Waals surface area contributed by atoms with Gasteiger partial charge in [0.05, 0.1) is 5.69 Å². The molecule has 1 saturated carbocycles. The lowest BCUT2D eigenvalue weighted by Crippen LogP contribution is -2.37. The molecule has 1 fully saturated rings. The summed E-state index contributed by atoms with van der Waals surface area (Å²) in [6.07, 6.45) is 8.70. The lowest BCUT2D eigenvalue weighted by atomic mass is 10.00. The van der Waals surface area contributed by atoms with E-state index in [9.17, 15) is 9.59 Å². The van der Waals surface area contributed by atoms with Crippen LogP contribution >= 0.6 is 0 Å². The summed E-state index contributed by atoms with van der Waals surface area (Å²) in [4.78, 5) is 31.0. The summed E-state index contributed by atoms with van der Waals surface area (Å²) in [7, 11) is 1.96. The first kappa shape index (κ1) is 19.6. The summed E-state index contributed by atoms with van der Waals surface area (Å²) in [6, 6.07) is 5.29. The number of rotatable bonds is 6. The van der Waals surface area contributed by atoms with E-state index in [1.54, 1.807) is 24.4 Å². The molecule has 0 unspecified atom stereocenters. The van der Waals surface area contributed by atoms with E-state index in [2.05, 4.69) is 15.4 Å². The van der Waals surface area contributed by atoms with Gasteiger partial charge in [-0.05, 0) is 30.9 Å². The topological polar surface area (TPSA) is 80.1 Å². The SMILES string of the molecule is Cn1nc(CCNC(=O)c2ccccn2)c2c1CCN(C(=O)CC1CCCC1)C2. The molecule has 2 aromatic heterocycles. The molecule has 7 heteroatoms. The van der Waals surface area contributed by atoms with E-state index in [4.69, 9.17) is 0 Å². The number of fused-ring (bicyclic) bond motifs is 1. The van der Waals surface area contributed by atoms with Gasteiger partial charge in [0.15, 0.2) is 0 Å². The van der Waals surface area contributed by atoms with Crippen LogP contribution in [0, 0.1) is 5.92 Å². The van der Waals surface area contributed by atoms with E-state index in [1.165, 1.54) is 31.4 Å². The Morgan fingerprint density at radius 3 is 2.83 bits per heavy atom. The molecule has 0 atom stereocenters. The van der Waals surface area contributed by atoms with Gasteiger partial charge in [0.2, 0.25) is 5.91 Å². The van der Waals surface area contributed by atoms with Crippen molar-refractivity contribution in [3.8, 4) is 0 Å². The van der Waals surface area contributed by atoms with Crippen LogP contribution in [0.25, 0.3) is 0 Å². The monoisotopic (exact) mass is 395 g/mol. The number of carbonyl (C=O) groups excluding carboxylic acids is 2. The Labute approximate surface area is 171 Å². The van der Waals surface area contributed by atoms with Crippen LogP contribution in [0.3, 0.4) is 0 Å². The van der Waals surface area contributed by atoms with E-state index in [1.807, 2.05) is 16.6 Å². The molecule has 1 N–H and O–H groups in total. The lowest BCUT2D eigenvalue weighted by Gasteiger charge is -2.28. The smallest absolute Gasteiger partial charge is 0.269 e. The van der Waals surface area contributed by atoms with Crippen LogP contribution in [0.15, 0.2) is 24.4 Å². The fourth-order valence-corrected chi connectivity index (χ4v) is 4.56. The predicted molar refractivity (Wildman–Crippen MR) is 109 cm³/mol. The van der Waals surface area contributed by atoms with Crippen molar-refractivity contribution in [3.63, 3.8) is 0 Å². The zero-order valence-electron chi connectivity index (χ0n) is 17.1. The van der Waals surface area contributed by atoms with Crippen molar-refractivity contribution in [1.82, 2.24) is 25.0 Å². The molecular formula is C22H29N5O2. The zero-order valence-corrected chi connectivity index (χ0v) is 17.1. The third kappa shape index (κ3) is 4.49. The average Bonchev–Trinajstić information content (AvgIpc) is 3.36. The van der Waals surface area contributed by atoms with Gasteiger partial charge in [-0.25, -0.2) is 0 Å². The van der Waals surface area contributed by atoms with Crippen LogP contribution in [0.4, 0.5) is 0 Å². The number of hydrogen-bond acceptors (Lipinski definition) is 4. The summed E-state index contributed by atoms with van der Waals surface area (Å²) in [6.45, 7) is 1.90. The molecule has 1 aliphatic heterocycles. The molecule has 7 nitrogen and oxygen atoms in total. The molecule has 0 spiro atoms. The third-order valence-corrected chi connectivity index (χ3v) is 6.16.